The van der Waals surface area contributed by atoms with Crippen molar-refractivity contribution in [2.75, 3.05) is 6.61 Å². The molecule has 3 aromatic rings. The summed E-state index contributed by atoms with van der Waals surface area (Å²) in [6.45, 7) is 0.645. The van der Waals surface area contributed by atoms with Gasteiger partial charge in [0.2, 0.25) is 0 Å². The fourth-order valence-corrected chi connectivity index (χ4v) is 7.80. The number of hydrogen-bond donors (Lipinski definition) is 1. The molecule has 1 saturated heterocycles. The molecule has 1 heterocycles. The summed E-state index contributed by atoms with van der Waals surface area (Å²) < 4.78 is 21.1. The van der Waals surface area contributed by atoms with Gasteiger partial charge in [0, 0.05) is 17.2 Å². The van der Waals surface area contributed by atoms with Gasteiger partial charge in [-0.05, 0) is 24.8 Å². The van der Waals surface area contributed by atoms with Crippen LogP contribution in [-0.2, 0) is 9.30 Å². The maximum absolute atomic E-state index is 15.0. The summed E-state index contributed by atoms with van der Waals surface area (Å²) in [7, 11) is -3.20. The summed E-state index contributed by atoms with van der Waals surface area (Å²) >= 11 is 0. The fourth-order valence-electron chi connectivity index (χ4n) is 4.31. The molecule has 3 atom stereocenters. The van der Waals surface area contributed by atoms with Gasteiger partial charge in [-0.3, -0.25) is 0 Å². The quantitative estimate of drug-likeness (QED) is 0.605. The van der Waals surface area contributed by atoms with E-state index in [2.05, 4.69) is 0 Å². The van der Waals surface area contributed by atoms with Crippen LogP contribution in [0.2, 0.25) is 0 Å². The normalized spacial score (nSPS) is 19.4. The van der Waals surface area contributed by atoms with Crippen molar-refractivity contribution < 1.29 is 14.4 Å². The molecule has 150 valence electrons. The van der Waals surface area contributed by atoms with Crippen LogP contribution in [-0.4, -0.2) is 23.5 Å². The lowest BCUT2D eigenvalue weighted by Gasteiger charge is -2.39. The Kier molecular flexibility index (Phi) is 6.30. The Morgan fingerprint density at radius 2 is 1.31 bits per heavy atom. The standard InChI is InChI=1S/C25H27O3P/c26-24(20-12-4-1-5-13-20)25(23-18-10-11-19-28-23)29(27,21-14-6-2-7-15-21)22-16-8-3-9-17-22/h1-9,12-17,23-26H,10-11,18-19H2/t23?,24-,25-/m0/s1. The van der Waals surface area contributed by atoms with Gasteiger partial charge in [-0.25, -0.2) is 0 Å². The topological polar surface area (TPSA) is 46.5 Å². The zero-order valence-corrected chi connectivity index (χ0v) is 17.3. The number of benzene rings is 3. The van der Waals surface area contributed by atoms with Gasteiger partial charge in [-0.15, -0.1) is 0 Å². The fraction of sp³-hybridized carbons (Fsp3) is 0.280. The molecule has 4 heteroatoms. The van der Waals surface area contributed by atoms with Gasteiger partial charge >= 0.3 is 0 Å². The van der Waals surface area contributed by atoms with Crippen molar-refractivity contribution in [1.82, 2.24) is 0 Å². The van der Waals surface area contributed by atoms with E-state index >= 15 is 0 Å². The molecular weight excluding hydrogens is 379 g/mol. The Labute approximate surface area is 172 Å². The number of aliphatic hydroxyl groups is 1. The average molecular weight is 406 g/mol. The van der Waals surface area contributed by atoms with Gasteiger partial charge in [0.15, 0.2) is 7.14 Å². The first kappa shape index (κ1) is 20.1. The molecular formula is C25H27O3P. The van der Waals surface area contributed by atoms with Gasteiger partial charge in [0.05, 0.1) is 17.9 Å². The van der Waals surface area contributed by atoms with E-state index in [-0.39, 0.29) is 6.10 Å². The highest BCUT2D eigenvalue weighted by Gasteiger charge is 2.46. The van der Waals surface area contributed by atoms with Crippen molar-refractivity contribution in [2.24, 2.45) is 0 Å². The Morgan fingerprint density at radius 1 is 0.793 bits per heavy atom. The second kappa shape index (κ2) is 9.09. The first-order chi connectivity index (χ1) is 14.2. The molecule has 3 nitrogen and oxygen atoms in total. The van der Waals surface area contributed by atoms with E-state index in [1.807, 2.05) is 91.0 Å². The minimum Gasteiger partial charge on any atom is -0.388 e. The van der Waals surface area contributed by atoms with Crippen LogP contribution in [0.1, 0.15) is 30.9 Å². The molecule has 1 unspecified atom stereocenters. The van der Waals surface area contributed by atoms with Crippen molar-refractivity contribution in [2.45, 2.75) is 37.1 Å². The predicted octanol–water partition coefficient (Wildman–Crippen LogP) is 4.67. The smallest absolute Gasteiger partial charge is 0.151 e. The van der Waals surface area contributed by atoms with Crippen LogP contribution < -0.4 is 10.6 Å². The molecule has 0 aliphatic carbocycles. The van der Waals surface area contributed by atoms with Crippen molar-refractivity contribution in [3.05, 3.63) is 96.6 Å². The number of rotatable bonds is 6. The van der Waals surface area contributed by atoms with E-state index in [1.54, 1.807) is 0 Å². The molecule has 1 N–H and O–H groups in total. The van der Waals surface area contributed by atoms with Crippen LogP contribution in [0, 0.1) is 0 Å². The van der Waals surface area contributed by atoms with Gasteiger partial charge in [0.25, 0.3) is 0 Å². The Balaban J connectivity index is 1.90. The molecule has 0 bridgehead atoms. The van der Waals surface area contributed by atoms with Crippen molar-refractivity contribution >= 4 is 17.8 Å². The minimum absolute atomic E-state index is 0.259. The lowest BCUT2D eigenvalue weighted by molar-refractivity contribution is -0.0121. The summed E-state index contributed by atoms with van der Waals surface area (Å²) in [4.78, 5) is 0. The summed E-state index contributed by atoms with van der Waals surface area (Å²) in [5.74, 6) is 0. The zero-order valence-electron chi connectivity index (χ0n) is 16.4. The highest BCUT2D eigenvalue weighted by molar-refractivity contribution is 7.79. The molecule has 0 spiro atoms. The zero-order chi connectivity index (χ0) is 20.1. The van der Waals surface area contributed by atoms with Crippen LogP contribution >= 0.6 is 7.14 Å². The molecule has 1 aliphatic rings. The summed E-state index contributed by atoms with van der Waals surface area (Å²) in [5.41, 5.74) is 0.230. The minimum atomic E-state index is -3.20. The van der Waals surface area contributed by atoms with Crippen LogP contribution in [0.4, 0.5) is 0 Å². The van der Waals surface area contributed by atoms with Crippen LogP contribution in [0.15, 0.2) is 91.0 Å². The molecule has 0 saturated carbocycles. The van der Waals surface area contributed by atoms with Crippen LogP contribution in [0.25, 0.3) is 0 Å². The summed E-state index contributed by atoms with van der Waals surface area (Å²) in [6.07, 6.45) is 1.69. The second-order valence-electron chi connectivity index (χ2n) is 7.58. The lowest BCUT2D eigenvalue weighted by Crippen LogP contribution is -2.42. The third-order valence-electron chi connectivity index (χ3n) is 5.76. The SMILES string of the molecule is O=P(c1ccccc1)(c1ccccc1)[C@@H](C1CCCCO1)[C@@H](O)c1ccccc1. The van der Waals surface area contributed by atoms with Gasteiger partial charge in [0.1, 0.15) is 0 Å². The highest BCUT2D eigenvalue weighted by atomic mass is 31.2. The molecule has 3 aromatic carbocycles. The summed E-state index contributed by atoms with van der Waals surface area (Å²) in [6, 6.07) is 28.7. The Morgan fingerprint density at radius 3 is 1.79 bits per heavy atom. The van der Waals surface area contributed by atoms with E-state index in [0.29, 0.717) is 6.61 Å². The lowest BCUT2D eigenvalue weighted by atomic mass is 9.98. The molecule has 1 aliphatic heterocycles. The van der Waals surface area contributed by atoms with Crippen molar-refractivity contribution in [3.63, 3.8) is 0 Å². The molecule has 0 radical (unpaired) electrons. The predicted molar refractivity (Wildman–Crippen MR) is 119 cm³/mol. The Bertz CT molecular complexity index is 894. The van der Waals surface area contributed by atoms with Gasteiger partial charge < -0.3 is 14.4 Å². The molecule has 29 heavy (non-hydrogen) atoms. The number of ether oxygens (including phenoxy) is 1. The van der Waals surface area contributed by atoms with E-state index in [0.717, 1.165) is 35.4 Å². The first-order valence-corrected chi connectivity index (χ1v) is 12.0. The van der Waals surface area contributed by atoms with Crippen LogP contribution in [0.5, 0.6) is 0 Å². The molecule has 0 amide bonds. The van der Waals surface area contributed by atoms with Crippen molar-refractivity contribution in [3.8, 4) is 0 Å². The largest absolute Gasteiger partial charge is 0.388 e. The maximum Gasteiger partial charge on any atom is 0.151 e. The number of aliphatic hydroxyl groups excluding tert-OH is 1. The third-order valence-corrected chi connectivity index (χ3v) is 9.35. The highest BCUT2D eigenvalue weighted by Crippen LogP contribution is 2.55. The van der Waals surface area contributed by atoms with Gasteiger partial charge in [-0.2, -0.15) is 0 Å². The average Bonchev–Trinajstić information content (AvgIpc) is 2.81. The molecule has 0 aromatic heterocycles. The second-order valence-corrected chi connectivity index (χ2v) is 10.5. The van der Waals surface area contributed by atoms with E-state index in [9.17, 15) is 9.67 Å². The molecule has 1 fully saturated rings. The molecule has 4 rings (SSSR count). The number of hydrogen-bond acceptors (Lipinski definition) is 3. The summed E-state index contributed by atoms with van der Waals surface area (Å²) in [5, 5.41) is 13.1. The van der Waals surface area contributed by atoms with Crippen LogP contribution in [0.3, 0.4) is 0 Å². The van der Waals surface area contributed by atoms with E-state index in [1.165, 1.54) is 0 Å². The third kappa shape index (κ3) is 4.09. The first-order valence-electron chi connectivity index (χ1n) is 10.3. The maximum atomic E-state index is 15.0. The Hall–Kier alpha value is -2.19. The van der Waals surface area contributed by atoms with Crippen molar-refractivity contribution in [1.29, 1.82) is 0 Å². The van der Waals surface area contributed by atoms with E-state index < -0.39 is 18.9 Å². The van der Waals surface area contributed by atoms with E-state index in [4.69, 9.17) is 4.74 Å². The van der Waals surface area contributed by atoms with Gasteiger partial charge in [-0.1, -0.05) is 91.0 Å². The monoisotopic (exact) mass is 406 g/mol.